The van der Waals surface area contributed by atoms with Gasteiger partial charge < -0.3 is 4.84 Å². The molecule has 1 heterocycles. The number of rotatable bonds is 3. The zero-order valence-corrected chi connectivity index (χ0v) is 8.12. The van der Waals surface area contributed by atoms with Gasteiger partial charge in [-0.1, -0.05) is 13.8 Å². The summed E-state index contributed by atoms with van der Waals surface area (Å²) in [6.45, 7) is 5.12. The van der Waals surface area contributed by atoms with Crippen molar-refractivity contribution >= 4 is 11.8 Å². The van der Waals surface area contributed by atoms with Gasteiger partial charge in [-0.3, -0.25) is 0 Å². The lowest BCUT2D eigenvalue weighted by Crippen LogP contribution is -2.31. The fourth-order valence-corrected chi connectivity index (χ4v) is 2.97. The van der Waals surface area contributed by atoms with Crippen LogP contribution in [0.2, 0.25) is 0 Å². The highest BCUT2D eigenvalue weighted by Crippen LogP contribution is 2.39. The van der Waals surface area contributed by atoms with Crippen LogP contribution in [0.4, 0.5) is 0 Å². The van der Waals surface area contributed by atoms with Crippen molar-refractivity contribution in [2.75, 3.05) is 12.4 Å². The van der Waals surface area contributed by atoms with Gasteiger partial charge >= 0.3 is 0 Å². The highest BCUT2D eigenvalue weighted by atomic mass is 32.2. The predicted octanol–water partition coefficient (Wildman–Crippen LogP) is 1.80. The number of nitrogens with two attached hydrogens (primary N) is 1. The summed E-state index contributed by atoms with van der Waals surface area (Å²) in [5.74, 6) is 6.38. The summed E-state index contributed by atoms with van der Waals surface area (Å²) in [6.07, 6.45) is 2.67. The average Bonchev–Trinajstić information content (AvgIpc) is 2.37. The first kappa shape index (κ1) is 9.36. The largest absolute Gasteiger partial charge is 0.304 e. The van der Waals surface area contributed by atoms with Crippen LogP contribution < -0.4 is 5.90 Å². The Hall–Kier alpha value is 0.270. The first-order chi connectivity index (χ1) is 5.17. The van der Waals surface area contributed by atoms with Gasteiger partial charge in [0.1, 0.15) is 0 Å². The average molecular weight is 175 g/mol. The van der Waals surface area contributed by atoms with Crippen LogP contribution in [0, 0.1) is 5.41 Å². The van der Waals surface area contributed by atoms with Gasteiger partial charge in [0, 0.05) is 10.7 Å². The third kappa shape index (κ3) is 2.36. The Balaban J connectivity index is 2.41. The Bertz CT molecular complexity index is 121. The minimum atomic E-state index is 0.246. The standard InChI is InChI=1S/C8H17NOS/c1-8(2,6-10-9)7-4-3-5-11-7/h7H,3-6,9H2,1-2H3. The van der Waals surface area contributed by atoms with E-state index in [9.17, 15) is 0 Å². The molecule has 66 valence electrons. The maximum atomic E-state index is 5.07. The Kier molecular flexibility index (Phi) is 3.22. The molecule has 1 rings (SSSR count). The van der Waals surface area contributed by atoms with Crippen molar-refractivity contribution in [1.82, 2.24) is 0 Å². The van der Waals surface area contributed by atoms with Gasteiger partial charge in [-0.05, 0) is 18.6 Å². The molecular weight excluding hydrogens is 158 g/mol. The second-order valence-electron chi connectivity index (χ2n) is 3.80. The van der Waals surface area contributed by atoms with Gasteiger partial charge in [-0.15, -0.1) is 0 Å². The van der Waals surface area contributed by atoms with Crippen LogP contribution in [0.5, 0.6) is 0 Å². The van der Waals surface area contributed by atoms with Crippen LogP contribution in [-0.2, 0) is 4.84 Å². The first-order valence-corrected chi connectivity index (χ1v) is 5.15. The number of thioether (sulfide) groups is 1. The number of hydrogen-bond donors (Lipinski definition) is 1. The minimum Gasteiger partial charge on any atom is -0.304 e. The van der Waals surface area contributed by atoms with E-state index in [1.807, 2.05) is 0 Å². The predicted molar refractivity (Wildman–Crippen MR) is 49.4 cm³/mol. The highest BCUT2D eigenvalue weighted by Gasteiger charge is 2.32. The summed E-state index contributed by atoms with van der Waals surface area (Å²) in [4.78, 5) is 4.71. The fraction of sp³-hybridized carbons (Fsp3) is 1.00. The first-order valence-electron chi connectivity index (χ1n) is 4.10. The molecule has 1 aliphatic rings. The summed E-state index contributed by atoms with van der Waals surface area (Å²) in [7, 11) is 0. The van der Waals surface area contributed by atoms with Crippen LogP contribution >= 0.6 is 11.8 Å². The van der Waals surface area contributed by atoms with Crippen molar-refractivity contribution in [2.45, 2.75) is 31.9 Å². The van der Waals surface area contributed by atoms with E-state index in [0.717, 1.165) is 5.25 Å². The molecule has 0 amide bonds. The van der Waals surface area contributed by atoms with Crippen LogP contribution in [0.25, 0.3) is 0 Å². The summed E-state index contributed by atoms with van der Waals surface area (Å²) in [6, 6.07) is 0. The van der Waals surface area contributed by atoms with Gasteiger partial charge in [0.15, 0.2) is 0 Å². The summed E-state index contributed by atoms with van der Waals surface area (Å²) in [5, 5.41) is 0.742. The Morgan fingerprint density at radius 1 is 1.64 bits per heavy atom. The SMILES string of the molecule is CC(C)(CON)C1CCCS1. The maximum Gasteiger partial charge on any atom is 0.0740 e. The van der Waals surface area contributed by atoms with Crippen LogP contribution in [0.1, 0.15) is 26.7 Å². The second-order valence-corrected chi connectivity index (χ2v) is 5.11. The van der Waals surface area contributed by atoms with Crippen LogP contribution in [0.3, 0.4) is 0 Å². The highest BCUT2D eigenvalue weighted by molar-refractivity contribution is 8.00. The normalized spacial score (nSPS) is 25.9. The van der Waals surface area contributed by atoms with Crippen molar-refractivity contribution in [3.05, 3.63) is 0 Å². The van der Waals surface area contributed by atoms with E-state index in [2.05, 4.69) is 25.6 Å². The second kappa shape index (κ2) is 3.78. The molecular formula is C8H17NOS. The van der Waals surface area contributed by atoms with Crippen LogP contribution in [-0.4, -0.2) is 17.6 Å². The molecule has 0 aliphatic carbocycles. The van der Waals surface area contributed by atoms with Gasteiger partial charge in [-0.2, -0.15) is 11.8 Å². The van der Waals surface area contributed by atoms with Crippen molar-refractivity contribution in [2.24, 2.45) is 11.3 Å². The lowest BCUT2D eigenvalue weighted by atomic mass is 9.88. The lowest BCUT2D eigenvalue weighted by molar-refractivity contribution is 0.0612. The maximum absolute atomic E-state index is 5.07. The van der Waals surface area contributed by atoms with Crippen LogP contribution in [0.15, 0.2) is 0 Å². The molecule has 0 bridgehead atoms. The molecule has 2 nitrogen and oxygen atoms in total. The summed E-state index contributed by atoms with van der Waals surface area (Å²) >= 11 is 2.05. The topological polar surface area (TPSA) is 35.2 Å². The molecule has 1 fully saturated rings. The molecule has 1 aliphatic heterocycles. The van der Waals surface area contributed by atoms with Gasteiger partial charge in [0.2, 0.25) is 0 Å². The molecule has 0 aromatic carbocycles. The molecule has 0 aromatic rings. The molecule has 11 heavy (non-hydrogen) atoms. The molecule has 3 heteroatoms. The Morgan fingerprint density at radius 2 is 2.36 bits per heavy atom. The molecule has 0 aromatic heterocycles. The van der Waals surface area contributed by atoms with E-state index in [4.69, 9.17) is 10.7 Å². The third-order valence-electron chi connectivity index (χ3n) is 2.26. The fourth-order valence-electron chi connectivity index (χ4n) is 1.50. The van der Waals surface area contributed by atoms with Gasteiger partial charge in [-0.25, -0.2) is 5.90 Å². The van der Waals surface area contributed by atoms with E-state index in [1.165, 1.54) is 18.6 Å². The van der Waals surface area contributed by atoms with E-state index in [0.29, 0.717) is 6.61 Å². The monoisotopic (exact) mass is 175 g/mol. The third-order valence-corrected chi connectivity index (χ3v) is 4.06. The summed E-state index contributed by atoms with van der Waals surface area (Å²) in [5.41, 5.74) is 0.246. The van der Waals surface area contributed by atoms with Crippen molar-refractivity contribution in [3.8, 4) is 0 Å². The van der Waals surface area contributed by atoms with Crippen molar-refractivity contribution in [1.29, 1.82) is 0 Å². The zero-order valence-electron chi connectivity index (χ0n) is 7.30. The molecule has 1 saturated heterocycles. The van der Waals surface area contributed by atoms with Crippen molar-refractivity contribution in [3.63, 3.8) is 0 Å². The van der Waals surface area contributed by atoms with Crippen molar-refractivity contribution < 1.29 is 4.84 Å². The molecule has 1 atom stereocenters. The van der Waals surface area contributed by atoms with Gasteiger partial charge in [0.25, 0.3) is 0 Å². The Labute approximate surface area is 72.8 Å². The van der Waals surface area contributed by atoms with E-state index >= 15 is 0 Å². The molecule has 1 unspecified atom stereocenters. The lowest BCUT2D eigenvalue weighted by Gasteiger charge is -2.29. The molecule has 2 N–H and O–H groups in total. The van der Waals surface area contributed by atoms with E-state index in [-0.39, 0.29) is 5.41 Å². The summed E-state index contributed by atoms with van der Waals surface area (Å²) < 4.78 is 0. The number of hydrogen-bond acceptors (Lipinski definition) is 3. The zero-order chi connectivity index (χ0) is 8.32. The smallest absolute Gasteiger partial charge is 0.0740 e. The van der Waals surface area contributed by atoms with E-state index < -0.39 is 0 Å². The Morgan fingerprint density at radius 3 is 2.82 bits per heavy atom. The molecule has 0 saturated carbocycles. The molecule has 0 radical (unpaired) electrons. The van der Waals surface area contributed by atoms with E-state index in [1.54, 1.807) is 0 Å². The molecule has 0 spiro atoms. The van der Waals surface area contributed by atoms with Gasteiger partial charge in [0.05, 0.1) is 6.61 Å². The quantitative estimate of drug-likeness (QED) is 0.664. The minimum absolute atomic E-state index is 0.246.